The maximum atomic E-state index is 13.0. The molecule has 5 atom stereocenters. The number of phenols is 1. The van der Waals surface area contributed by atoms with Gasteiger partial charge in [-0.15, -0.1) is 0 Å². The second-order valence-corrected chi connectivity index (χ2v) is 7.57. The number of benzene rings is 2. The Hall–Kier alpha value is -3.15. The predicted octanol–water partition coefficient (Wildman–Crippen LogP) is 0.743. The molecule has 1 aliphatic rings. The molecular weight excluding hydrogens is 436 g/mol. The van der Waals surface area contributed by atoms with Gasteiger partial charge in [0.15, 0.2) is 0 Å². The van der Waals surface area contributed by atoms with Gasteiger partial charge in [-0.3, -0.25) is 4.79 Å². The average Bonchev–Trinajstić information content (AvgIpc) is 2.80. The van der Waals surface area contributed by atoms with Gasteiger partial charge in [0.1, 0.15) is 58.9 Å². The predicted molar refractivity (Wildman–Crippen MR) is 115 cm³/mol. The van der Waals surface area contributed by atoms with Crippen molar-refractivity contribution < 1.29 is 44.2 Å². The van der Waals surface area contributed by atoms with Crippen molar-refractivity contribution in [3.05, 3.63) is 52.9 Å². The second-order valence-electron chi connectivity index (χ2n) is 7.57. The summed E-state index contributed by atoms with van der Waals surface area (Å²) in [4.78, 5) is 13.0. The third-order valence-electron chi connectivity index (χ3n) is 5.41. The monoisotopic (exact) mass is 460 g/mol. The van der Waals surface area contributed by atoms with Gasteiger partial charge in [0, 0.05) is 12.1 Å². The molecule has 5 unspecified atom stereocenters. The molecule has 0 spiro atoms. The summed E-state index contributed by atoms with van der Waals surface area (Å²) in [6, 6.07) is 9.05. The van der Waals surface area contributed by atoms with Gasteiger partial charge in [-0.05, 0) is 24.6 Å². The molecule has 1 fully saturated rings. The first-order chi connectivity index (χ1) is 15.8. The summed E-state index contributed by atoms with van der Waals surface area (Å²) in [6.07, 6.45) is -5.72. The molecule has 0 bridgehead atoms. The Morgan fingerprint density at radius 3 is 2.39 bits per heavy atom. The number of aliphatic hydroxyl groups excluding tert-OH is 4. The van der Waals surface area contributed by atoms with Crippen molar-refractivity contribution in [3.8, 4) is 28.4 Å². The number of hydrogen-bond donors (Lipinski definition) is 5. The van der Waals surface area contributed by atoms with Gasteiger partial charge in [0.25, 0.3) is 0 Å². The summed E-state index contributed by atoms with van der Waals surface area (Å²) >= 11 is 0. The van der Waals surface area contributed by atoms with E-state index in [0.717, 1.165) is 0 Å². The molecule has 3 aromatic rings. The SMILES string of the molecule is CCOc1cc(O)c2c(=O)c(-c3ccc(OC4OC(CO)C(O)C(O)C4O)cc3)coc2c1. The zero-order valence-electron chi connectivity index (χ0n) is 17.6. The third kappa shape index (κ3) is 4.39. The van der Waals surface area contributed by atoms with Crippen LogP contribution in [0.5, 0.6) is 17.2 Å². The van der Waals surface area contributed by atoms with Gasteiger partial charge in [-0.2, -0.15) is 0 Å². The molecule has 1 aromatic heterocycles. The Balaban J connectivity index is 1.58. The molecule has 33 heavy (non-hydrogen) atoms. The molecular formula is C23H24O10. The molecule has 2 heterocycles. The summed E-state index contributed by atoms with van der Waals surface area (Å²) in [6.45, 7) is 1.62. The van der Waals surface area contributed by atoms with Crippen LogP contribution in [0.25, 0.3) is 22.1 Å². The van der Waals surface area contributed by atoms with E-state index in [4.69, 9.17) is 18.6 Å². The summed E-state index contributed by atoms with van der Waals surface area (Å²) in [5, 5.41) is 49.5. The highest BCUT2D eigenvalue weighted by molar-refractivity contribution is 5.88. The Labute approximate surface area is 187 Å². The summed E-state index contributed by atoms with van der Waals surface area (Å²) in [5.74, 6) is 0.375. The van der Waals surface area contributed by atoms with E-state index in [2.05, 4.69) is 0 Å². The van der Waals surface area contributed by atoms with Gasteiger partial charge in [-0.1, -0.05) is 12.1 Å². The van der Waals surface area contributed by atoms with Gasteiger partial charge in [-0.25, -0.2) is 0 Å². The van der Waals surface area contributed by atoms with Crippen LogP contribution in [0.1, 0.15) is 6.92 Å². The molecule has 1 saturated heterocycles. The first kappa shape index (κ1) is 23.0. The molecule has 10 nitrogen and oxygen atoms in total. The Bertz CT molecular complexity index is 1170. The van der Waals surface area contributed by atoms with E-state index in [9.17, 15) is 30.3 Å². The van der Waals surface area contributed by atoms with Crippen LogP contribution < -0.4 is 14.9 Å². The van der Waals surface area contributed by atoms with Crippen molar-refractivity contribution in [3.63, 3.8) is 0 Å². The van der Waals surface area contributed by atoms with Crippen LogP contribution >= 0.6 is 0 Å². The molecule has 0 aliphatic carbocycles. The van der Waals surface area contributed by atoms with E-state index in [1.807, 2.05) is 0 Å². The highest BCUT2D eigenvalue weighted by Gasteiger charge is 2.44. The normalized spacial score (nSPS) is 25.2. The number of aromatic hydroxyl groups is 1. The fraction of sp³-hybridized carbons (Fsp3) is 0.348. The second kappa shape index (κ2) is 9.38. The van der Waals surface area contributed by atoms with Crippen LogP contribution in [0.15, 0.2) is 51.9 Å². The minimum Gasteiger partial charge on any atom is -0.507 e. The molecule has 176 valence electrons. The molecule has 2 aromatic carbocycles. The van der Waals surface area contributed by atoms with Crippen LogP contribution in [-0.4, -0.2) is 69.5 Å². The highest BCUT2D eigenvalue weighted by atomic mass is 16.7. The van der Waals surface area contributed by atoms with Crippen molar-refractivity contribution in [1.29, 1.82) is 0 Å². The molecule has 10 heteroatoms. The van der Waals surface area contributed by atoms with Crippen molar-refractivity contribution in [1.82, 2.24) is 0 Å². The highest BCUT2D eigenvalue weighted by Crippen LogP contribution is 2.31. The van der Waals surface area contributed by atoms with E-state index in [0.29, 0.717) is 17.9 Å². The number of aliphatic hydroxyl groups is 4. The number of phenolic OH excluding ortho intramolecular Hbond substituents is 1. The number of rotatable bonds is 6. The third-order valence-corrected chi connectivity index (χ3v) is 5.41. The maximum Gasteiger partial charge on any atom is 0.229 e. The van der Waals surface area contributed by atoms with E-state index in [1.165, 1.54) is 30.5 Å². The first-order valence-electron chi connectivity index (χ1n) is 10.3. The Morgan fingerprint density at radius 2 is 1.73 bits per heavy atom. The molecule has 0 amide bonds. The summed E-state index contributed by atoms with van der Waals surface area (Å²) < 4.78 is 21.8. The number of fused-ring (bicyclic) bond motifs is 1. The van der Waals surface area contributed by atoms with Gasteiger partial charge in [0.05, 0.1) is 18.8 Å². The zero-order valence-corrected chi connectivity index (χ0v) is 17.6. The van der Waals surface area contributed by atoms with E-state index in [-0.39, 0.29) is 28.0 Å². The molecule has 5 N–H and O–H groups in total. The lowest BCUT2D eigenvalue weighted by Gasteiger charge is -2.39. The molecule has 1 aliphatic heterocycles. The zero-order chi connectivity index (χ0) is 23.7. The lowest BCUT2D eigenvalue weighted by Crippen LogP contribution is -2.60. The van der Waals surface area contributed by atoms with Crippen LogP contribution in [0, 0.1) is 0 Å². The molecule has 0 radical (unpaired) electrons. The minimum atomic E-state index is -1.56. The van der Waals surface area contributed by atoms with E-state index in [1.54, 1.807) is 19.1 Å². The van der Waals surface area contributed by atoms with Gasteiger partial charge >= 0.3 is 0 Å². The van der Waals surface area contributed by atoms with Gasteiger partial charge in [0.2, 0.25) is 11.7 Å². The topological polar surface area (TPSA) is 159 Å². The summed E-state index contributed by atoms with van der Waals surface area (Å²) in [5.41, 5.74) is 0.454. The average molecular weight is 460 g/mol. The molecule has 0 saturated carbocycles. The van der Waals surface area contributed by atoms with Crippen LogP contribution in [0.4, 0.5) is 0 Å². The van der Waals surface area contributed by atoms with Crippen LogP contribution in [-0.2, 0) is 4.74 Å². The summed E-state index contributed by atoms with van der Waals surface area (Å²) in [7, 11) is 0. The lowest BCUT2D eigenvalue weighted by molar-refractivity contribution is -0.277. The van der Waals surface area contributed by atoms with E-state index < -0.39 is 42.7 Å². The van der Waals surface area contributed by atoms with Gasteiger partial charge < -0.3 is 44.2 Å². The van der Waals surface area contributed by atoms with Crippen molar-refractivity contribution >= 4 is 11.0 Å². The lowest BCUT2D eigenvalue weighted by atomic mass is 9.99. The smallest absolute Gasteiger partial charge is 0.229 e. The van der Waals surface area contributed by atoms with Crippen LogP contribution in [0.2, 0.25) is 0 Å². The maximum absolute atomic E-state index is 13.0. The first-order valence-corrected chi connectivity index (χ1v) is 10.3. The number of ether oxygens (including phenoxy) is 3. The van der Waals surface area contributed by atoms with Crippen molar-refractivity contribution in [2.45, 2.75) is 37.6 Å². The standard InChI is InChI=1S/C23H24O10/c1-2-30-13-7-15(25)18-16(8-13)31-10-14(19(18)26)11-3-5-12(6-4-11)32-23-22(29)21(28)20(27)17(9-24)33-23/h3-8,10,17,20-25,27-29H,2,9H2,1H3. The fourth-order valence-electron chi connectivity index (χ4n) is 3.67. The van der Waals surface area contributed by atoms with Crippen molar-refractivity contribution in [2.75, 3.05) is 13.2 Å². The Kier molecular flexibility index (Phi) is 6.54. The fourth-order valence-corrected chi connectivity index (χ4v) is 3.67. The largest absolute Gasteiger partial charge is 0.507 e. The quantitative estimate of drug-likeness (QED) is 0.355. The Morgan fingerprint density at radius 1 is 1.00 bits per heavy atom. The van der Waals surface area contributed by atoms with Crippen molar-refractivity contribution in [2.24, 2.45) is 0 Å². The van der Waals surface area contributed by atoms with E-state index >= 15 is 0 Å². The number of hydrogen-bond acceptors (Lipinski definition) is 10. The minimum absolute atomic E-state index is 0.0256. The molecule has 4 rings (SSSR count). The van der Waals surface area contributed by atoms with Crippen LogP contribution in [0.3, 0.4) is 0 Å².